The molecular formula is C14H14N4O2S. The number of carbonyl (C=O) groups is 2. The van der Waals surface area contributed by atoms with E-state index >= 15 is 0 Å². The van der Waals surface area contributed by atoms with Crippen molar-refractivity contribution in [1.29, 1.82) is 0 Å². The van der Waals surface area contributed by atoms with Crippen molar-refractivity contribution in [3.05, 3.63) is 47.8 Å². The first kappa shape index (κ1) is 15.0. The summed E-state index contributed by atoms with van der Waals surface area (Å²) in [7, 11) is 0. The second-order valence-electron chi connectivity index (χ2n) is 4.23. The lowest BCUT2D eigenvalue weighted by atomic mass is 10.1. The molecular weight excluding hydrogens is 288 g/mol. The van der Waals surface area contributed by atoms with Crippen molar-refractivity contribution in [2.75, 3.05) is 11.1 Å². The Morgan fingerprint density at radius 3 is 2.76 bits per heavy atom. The number of aryl methyl sites for hydroxylation is 1. The number of benzene rings is 1. The fraction of sp³-hybridized carbons (Fsp3) is 0.143. The van der Waals surface area contributed by atoms with Crippen LogP contribution in [0, 0.1) is 6.92 Å². The van der Waals surface area contributed by atoms with Crippen LogP contribution in [0.25, 0.3) is 0 Å². The molecule has 6 nitrogen and oxygen atoms in total. The standard InChI is InChI=1S/C14H14N4O2S/c1-9-6-7-16-14(17-9)21-8-12(19)18-11-5-3-2-4-10(11)13(15)20/h2-7H,8H2,1H3,(H2,15,20)(H,18,19). The number of hydrogen-bond acceptors (Lipinski definition) is 5. The van der Waals surface area contributed by atoms with Crippen LogP contribution < -0.4 is 11.1 Å². The molecule has 0 unspecified atom stereocenters. The maximum absolute atomic E-state index is 11.9. The Bertz CT molecular complexity index is 676. The highest BCUT2D eigenvalue weighted by atomic mass is 32.2. The lowest BCUT2D eigenvalue weighted by Gasteiger charge is -2.08. The first-order valence-electron chi connectivity index (χ1n) is 6.17. The summed E-state index contributed by atoms with van der Waals surface area (Å²) in [6.07, 6.45) is 1.64. The van der Waals surface area contributed by atoms with Gasteiger partial charge in [-0.2, -0.15) is 0 Å². The summed E-state index contributed by atoms with van der Waals surface area (Å²) in [5.41, 5.74) is 6.78. The maximum Gasteiger partial charge on any atom is 0.250 e. The van der Waals surface area contributed by atoms with E-state index in [0.717, 1.165) is 5.69 Å². The van der Waals surface area contributed by atoms with E-state index in [0.29, 0.717) is 10.8 Å². The van der Waals surface area contributed by atoms with Crippen LogP contribution in [0.2, 0.25) is 0 Å². The quantitative estimate of drug-likeness (QED) is 0.646. The zero-order valence-corrected chi connectivity index (χ0v) is 12.2. The molecule has 2 amide bonds. The van der Waals surface area contributed by atoms with Gasteiger partial charge in [0, 0.05) is 11.9 Å². The minimum atomic E-state index is -0.583. The average molecular weight is 302 g/mol. The molecule has 2 rings (SSSR count). The molecule has 0 bridgehead atoms. The second-order valence-corrected chi connectivity index (χ2v) is 5.17. The van der Waals surface area contributed by atoms with Gasteiger partial charge in [0.25, 0.3) is 5.91 Å². The summed E-state index contributed by atoms with van der Waals surface area (Å²) in [5.74, 6) is -0.685. The van der Waals surface area contributed by atoms with Crippen LogP contribution in [0.5, 0.6) is 0 Å². The number of nitrogens with two attached hydrogens (primary N) is 1. The van der Waals surface area contributed by atoms with Gasteiger partial charge in [0.15, 0.2) is 5.16 Å². The molecule has 1 heterocycles. The second kappa shape index (κ2) is 6.85. The molecule has 0 fully saturated rings. The predicted molar refractivity (Wildman–Crippen MR) is 81.1 cm³/mol. The monoisotopic (exact) mass is 302 g/mol. The number of primary amides is 1. The average Bonchev–Trinajstić information content (AvgIpc) is 2.45. The molecule has 0 radical (unpaired) electrons. The first-order chi connectivity index (χ1) is 10.1. The third-order valence-corrected chi connectivity index (χ3v) is 3.43. The van der Waals surface area contributed by atoms with Gasteiger partial charge in [0.2, 0.25) is 5.91 Å². The molecule has 21 heavy (non-hydrogen) atoms. The SMILES string of the molecule is Cc1ccnc(SCC(=O)Nc2ccccc2C(N)=O)n1. The Kier molecular flexibility index (Phi) is 4.89. The molecule has 0 saturated heterocycles. The minimum absolute atomic E-state index is 0.149. The number of thioether (sulfide) groups is 1. The summed E-state index contributed by atoms with van der Waals surface area (Å²) in [6.45, 7) is 1.86. The Morgan fingerprint density at radius 1 is 1.29 bits per heavy atom. The number of rotatable bonds is 5. The largest absolute Gasteiger partial charge is 0.366 e. The topological polar surface area (TPSA) is 98.0 Å². The van der Waals surface area contributed by atoms with Crippen molar-refractivity contribution in [1.82, 2.24) is 9.97 Å². The number of amides is 2. The van der Waals surface area contributed by atoms with E-state index in [2.05, 4.69) is 15.3 Å². The zero-order valence-electron chi connectivity index (χ0n) is 11.4. The van der Waals surface area contributed by atoms with E-state index in [1.54, 1.807) is 36.5 Å². The van der Waals surface area contributed by atoms with Crippen LogP contribution in [0.1, 0.15) is 16.1 Å². The number of nitrogens with zero attached hydrogens (tertiary/aromatic N) is 2. The highest BCUT2D eigenvalue weighted by Gasteiger charge is 2.11. The van der Waals surface area contributed by atoms with Gasteiger partial charge in [-0.15, -0.1) is 0 Å². The molecule has 7 heteroatoms. The van der Waals surface area contributed by atoms with E-state index in [9.17, 15) is 9.59 Å². The molecule has 0 aliphatic rings. The zero-order chi connectivity index (χ0) is 15.2. The van der Waals surface area contributed by atoms with E-state index in [4.69, 9.17) is 5.73 Å². The van der Waals surface area contributed by atoms with Crippen LogP contribution in [-0.2, 0) is 4.79 Å². The van der Waals surface area contributed by atoms with E-state index in [1.165, 1.54) is 11.8 Å². The van der Waals surface area contributed by atoms with Gasteiger partial charge in [-0.05, 0) is 25.1 Å². The van der Waals surface area contributed by atoms with Crippen molar-refractivity contribution in [2.45, 2.75) is 12.1 Å². The Hall–Kier alpha value is -2.41. The Morgan fingerprint density at radius 2 is 2.05 bits per heavy atom. The van der Waals surface area contributed by atoms with Gasteiger partial charge < -0.3 is 11.1 Å². The summed E-state index contributed by atoms with van der Waals surface area (Å²) in [4.78, 5) is 31.4. The Labute approximate surface area is 126 Å². The number of carbonyl (C=O) groups excluding carboxylic acids is 2. The highest BCUT2D eigenvalue weighted by molar-refractivity contribution is 7.99. The molecule has 3 N–H and O–H groups in total. The van der Waals surface area contributed by atoms with Crippen LogP contribution in [-0.4, -0.2) is 27.5 Å². The normalized spacial score (nSPS) is 10.1. The minimum Gasteiger partial charge on any atom is -0.366 e. The van der Waals surface area contributed by atoms with Gasteiger partial charge in [-0.1, -0.05) is 23.9 Å². The number of aromatic nitrogens is 2. The molecule has 0 saturated carbocycles. The van der Waals surface area contributed by atoms with Crippen molar-refractivity contribution in [3.8, 4) is 0 Å². The maximum atomic E-state index is 11.9. The van der Waals surface area contributed by atoms with Crippen LogP contribution in [0.15, 0.2) is 41.7 Å². The molecule has 108 valence electrons. The Balaban J connectivity index is 1.98. The van der Waals surface area contributed by atoms with Crippen molar-refractivity contribution in [2.24, 2.45) is 5.73 Å². The first-order valence-corrected chi connectivity index (χ1v) is 7.16. The number of para-hydroxylation sites is 1. The van der Waals surface area contributed by atoms with Gasteiger partial charge in [-0.25, -0.2) is 9.97 Å². The summed E-state index contributed by atoms with van der Waals surface area (Å²) in [6, 6.07) is 8.39. The summed E-state index contributed by atoms with van der Waals surface area (Å²) < 4.78 is 0. The van der Waals surface area contributed by atoms with E-state index in [1.807, 2.05) is 6.92 Å². The molecule has 2 aromatic rings. The molecule has 1 aromatic heterocycles. The lowest BCUT2D eigenvalue weighted by Crippen LogP contribution is -2.19. The van der Waals surface area contributed by atoms with Crippen LogP contribution in [0.4, 0.5) is 5.69 Å². The van der Waals surface area contributed by atoms with Gasteiger partial charge in [-0.3, -0.25) is 9.59 Å². The summed E-state index contributed by atoms with van der Waals surface area (Å²) >= 11 is 1.23. The van der Waals surface area contributed by atoms with Crippen molar-refractivity contribution in [3.63, 3.8) is 0 Å². The summed E-state index contributed by atoms with van der Waals surface area (Å²) in [5, 5.41) is 3.20. The van der Waals surface area contributed by atoms with Crippen LogP contribution >= 0.6 is 11.8 Å². The van der Waals surface area contributed by atoms with Gasteiger partial charge in [0.05, 0.1) is 17.0 Å². The van der Waals surface area contributed by atoms with Gasteiger partial charge >= 0.3 is 0 Å². The number of anilines is 1. The third kappa shape index (κ3) is 4.28. The molecule has 0 aliphatic heterocycles. The van der Waals surface area contributed by atoms with Crippen LogP contribution in [0.3, 0.4) is 0 Å². The van der Waals surface area contributed by atoms with Crippen molar-refractivity contribution < 1.29 is 9.59 Å². The predicted octanol–water partition coefficient (Wildman–Crippen LogP) is 1.61. The highest BCUT2D eigenvalue weighted by Crippen LogP contribution is 2.16. The smallest absolute Gasteiger partial charge is 0.250 e. The number of hydrogen-bond donors (Lipinski definition) is 2. The fourth-order valence-electron chi connectivity index (χ4n) is 1.62. The molecule has 0 aliphatic carbocycles. The molecule has 1 aromatic carbocycles. The van der Waals surface area contributed by atoms with Crippen molar-refractivity contribution >= 4 is 29.3 Å². The van der Waals surface area contributed by atoms with Gasteiger partial charge in [0.1, 0.15) is 0 Å². The van der Waals surface area contributed by atoms with E-state index < -0.39 is 5.91 Å². The number of nitrogens with one attached hydrogen (secondary N) is 1. The fourth-order valence-corrected chi connectivity index (χ4v) is 2.30. The third-order valence-electron chi connectivity index (χ3n) is 2.57. The molecule has 0 atom stereocenters. The molecule has 0 spiro atoms. The van der Waals surface area contributed by atoms with E-state index in [-0.39, 0.29) is 17.2 Å². The lowest BCUT2D eigenvalue weighted by molar-refractivity contribution is -0.113.